The molecule has 2 rings (SSSR count). The molecule has 0 aromatic carbocycles. The lowest BCUT2D eigenvalue weighted by atomic mass is 10.2. The molecule has 2 N–H and O–H groups in total. The molecule has 1 aromatic rings. The van der Waals surface area contributed by atoms with Gasteiger partial charge in [0, 0.05) is 25.9 Å². The van der Waals surface area contributed by atoms with Gasteiger partial charge in [0.25, 0.3) is 5.91 Å². The standard InChI is InChI=1S/C14H21N3O2S/c1-8(6-11(18)15-3)16-14(19)13-9(2)17-12(20-13)7-10-4-5-10/h8,10H,4-7H2,1-3H3,(H,15,18)(H,16,19). The van der Waals surface area contributed by atoms with Crippen molar-refractivity contribution in [3.63, 3.8) is 0 Å². The first-order valence-electron chi connectivity index (χ1n) is 6.97. The summed E-state index contributed by atoms with van der Waals surface area (Å²) in [5.74, 6) is 0.565. The lowest BCUT2D eigenvalue weighted by Gasteiger charge is -2.12. The molecule has 6 heteroatoms. The fraction of sp³-hybridized carbons (Fsp3) is 0.643. The maximum Gasteiger partial charge on any atom is 0.263 e. The van der Waals surface area contributed by atoms with E-state index in [4.69, 9.17) is 0 Å². The van der Waals surface area contributed by atoms with Gasteiger partial charge in [-0.3, -0.25) is 9.59 Å². The number of carbonyl (C=O) groups excluding carboxylic acids is 2. The predicted molar refractivity (Wildman–Crippen MR) is 78.9 cm³/mol. The third-order valence-electron chi connectivity index (χ3n) is 3.36. The molecule has 110 valence electrons. The van der Waals surface area contributed by atoms with Crippen LogP contribution in [0.1, 0.15) is 46.6 Å². The van der Waals surface area contributed by atoms with E-state index in [9.17, 15) is 9.59 Å². The zero-order valence-corrected chi connectivity index (χ0v) is 13.0. The molecule has 1 heterocycles. The summed E-state index contributed by atoms with van der Waals surface area (Å²) in [6, 6.07) is -0.184. The number of aromatic nitrogens is 1. The van der Waals surface area contributed by atoms with Crippen molar-refractivity contribution in [2.75, 3.05) is 7.05 Å². The largest absolute Gasteiger partial charge is 0.359 e. The van der Waals surface area contributed by atoms with Crippen LogP contribution in [0.25, 0.3) is 0 Å². The number of nitrogens with one attached hydrogen (secondary N) is 2. The molecule has 1 atom stereocenters. The maximum atomic E-state index is 12.2. The molecule has 0 saturated heterocycles. The van der Waals surface area contributed by atoms with Crippen LogP contribution in [0.3, 0.4) is 0 Å². The minimum Gasteiger partial charge on any atom is -0.359 e. The Kier molecular flexibility index (Phi) is 4.75. The molecule has 20 heavy (non-hydrogen) atoms. The number of thiazole rings is 1. The van der Waals surface area contributed by atoms with Gasteiger partial charge in [-0.25, -0.2) is 4.98 Å². The van der Waals surface area contributed by atoms with Crippen LogP contribution in [-0.2, 0) is 11.2 Å². The van der Waals surface area contributed by atoms with Crippen molar-refractivity contribution in [1.29, 1.82) is 0 Å². The summed E-state index contributed by atoms with van der Waals surface area (Å²) in [6.45, 7) is 3.69. The van der Waals surface area contributed by atoms with E-state index in [1.54, 1.807) is 7.05 Å². The van der Waals surface area contributed by atoms with Crippen LogP contribution in [0.15, 0.2) is 0 Å². The Hall–Kier alpha value is -1.43. The van der Waals surface area contributed by atoms with Gasteiger partial charge in [-0.15, -0.1) is 11.3 Å². The van der Waals surface area contributed by atoms with E-state index < -0.39 is 0 Å². The van der Waals surface area contributed by atoms with E-state index in [1.165, 1.54) is 24.2 Å². The van der Waals surface area contributed by atoms with E-state index in [0.717, 1.165) is 23.0 Å². The van der Waals surface area contributed by atoms with Crippen LogP contribution in [0.2, 0.25) is 0 Å². The van der Waals surface area contributed by atoms with Gasteiger partial charge in [-0.1, -0.05) is 0 Å². The van der Waals surface area contributed by atoms with Gasteiger partial charge >= 0.3 is 0 Å². The maximum absolute atomic E-state index is 12.2. The molecule has 1 fully saturated rings. The van der Waals surface area contributed by atoms with E-state index in [2.05, 4.69) is 15.6 Å². The van der Waals surface area contributed by atoms with Gasteiger partial charge in [-0.2, -0.15) is 0 Å². The molecule has 1 aliphatic rings. The van der Waals surface area contributed by atoms with Crippen molar-refractivity contribution in [2.45, 2.75) is 45.6 Å². The van der Waals surface area contributed by atoms with Crippen LogP contribution >= 0.6 is 11.3 Å². The Balaban J connectivity index is 1.94. The molecule has 0 radical (unpaired) electrons. The second-order valence-corrected chi connectivity index (χ2v) is 6.51. The Bertz CT molecular complexity index is 509. The fourth-order valence-corrected chi connectivity index (χ4v) is 3.12. The SMILES string of the molecule is CNC(=O)CC(C)NC(=O)c1sc(CC2CC2)nc1C. The van der Waals surface area contributed by atoms with Gasteiger partial charge in [0.15, 0.2) is 0 Å². The number of hydrogen-bond donors (Lipinski definition) is 2. The third-order valence-corrected chi connectivity index (χ3v) is 4.53. The summed E-state index contributed by atoms with van der Waals surface area (Å²) in [4.78, 5) is 28.6. The Morgan fingerprint density at radius 2 is 2.15 bits per heavy atom. The highest BCUT2D eigenvalue weighted by Crippen LogP contribution is 2.34. The van der Waals surface area contributed by atoms with Gasteiger partial charge in [0.05, 0.1) is 10.7 Å². The molecular formula is C14H21N3O2S. The number of rotatable bonds is 6. The molecule has 0 spiro atoms. The van der Waals surface area contributed by atoms with E-state index in [1.807, 2.05) is 13.8 Å². The first kappa shape index (κ1) is 15.0. The molecule has 0 aliphatic heterocycles. The quantitative estimate of drug-likeness (QED) is 0.838. The van der Waals surface area contributed by atoms with Crippen molar-refractivity contribution in [3.8, 4) is 0 Å². The van der Waals surface area contributed by atoms with Crippen LogP contribution in [0, 0.1) is 12.8 Å². The zero-order chi connectivity index (χ0) is 14.7. The summed E-state index contributed by atoms with van der Waals surface area (Å²) in [5, 5.41) is 6.46. The lowest BCUT2D eigenvalue weighted by molar-refractivity contribution is -0.120. The molecule has 1 unspecified atom stereocenters. The molecule has 5 nitrogen and oxygen atoms in total. The van der Waals surface area contributed by atoms with Crippen molar-refractivity contribution >= 4 is 23.2 Å². The summed E-state index contributed by atoms with van der Waals surface area (Å²) in [6.07, 6.45) is 3.84. The van der Waals surface area contributed by atoms with Crippen molar-refractivity contribution < 1.29 is 9.59 Å². The average Bonchev–Trinajstić information content (AvgIpc) is 3.11. The Morgan fingerprint density at radius 1 is 1.45 bits per heavy atom. The van der Waals surface area contributed by atoms with Crippen molar-refractivity contribution in [2.24, 2.45) is 5.92 Å². The minimum atomic E-state index is -0.184. The molecular weight excluding hydrogens is 274 g/mol. The minimum absolute atomic E-state index is 0.0757. The second kappa shape index (κ2) is 6.35. The summed E-state index contributed by atoms with van der Waals surface area (Å²) >= 11 is 1.48. The first-order valence-corrected chi connectivity index (χ1v) is 7.79. The Labute approximate surface area is 123 Å². The van der Waals surface area contributed by atoms with Crippen molar-refractivity contribution in [3.05, 3.63) is 15.6 Å². The highest BCUT2D eigenvalue weighted by Gasteiger charge is 2.25. The predicted octanol–water partition coefficient (Wildman–Crippen LogP) is 1.66. The number of aryl methyl sites for hydroxylation is 1. The first-order chi connectivity index (χ1) is 9.49. The molecule has 1 aromatic heterocycles. The van der Waals surface area contributed by atoms with Crippen LogP contribution in [-0.4, -0.2) is 29.9 Å². The van der Waals surface area contributed by atoms with E-state index >= 15 is 0 Å². The van der Waals surface area contributed by atoms with Crippen molar-refractivity contribution in [1.82, 2.24) is 15.6 Å². The molecule has 1 aliphatic carbocycles. The van der Waals surface area contributed by atoms with Gasteiger partial charge in [0.2, 0.25) is 5.91 Å². The monoisotopic (exact) mass is 295 g/mol. The summed E-state index contributed by atoms with van der Waals surface area (Å²) in [7, 11) is 1.59. The fourth-order valence-electron chi connectivity index (χ4n) is 2.04. The van der Waals surface area contributed by atoms with Crippen LogP contribution in [0.4, 0.5) is 0 Å². The molecule has 2 amide bonds. The van der Waals surface area contributed by atoms with Gasteiger partial charge in [-0.05, 0) is 32.6 Å². The number of nitrogens with zero attached hydrogens (tertiary/aromatic N) is 1. The summed E-state index contributed by atoms with van der Waals surface area (Å²) < 4.78 is 0. The number of hydrogen-bond acceptors (Lipinski definition) is 4. The average molecular weight is 295 g/mol. The smallest absolute Gasteiger partial charge is 0.263 e. The van der Waals surface area contributed by atoms with E-state index in [-0.39, 0.29) is 24.3 Å². The molecule has 0 bridgehead atoms. The summed E-state index contributed by atoms with van der Waals surface area (Å²) in [5.41, 5.74) is 0.787. The van der Waals surface area contributed by atoms with Gasteiger partial charge < -0.3 is 10.6 Å². The van der Waals surface area contributed by atoms with Crippen LogP contribution < -0.4 is 10.6 Å². The zero-order valence-electron chi connectivity index (χ0n) is 12.2. The molecule has 1 saturated carbocycles. The number of amides is 2. The second-order valence-electron chi connectivity index (χ2n) is 5.42. The lowest BCUT2D eigenvalue weighted by Crippen LogP contribution is -2.36. The third kappa shape index (κ3) is 4.03. The topological polar surface area (TPSA) is 71.1 Å². The highest BCUT2D eigenvalue weighted by atomic mass is 32.1. The van der Waals surface area contributed by atoms with E-state index in [0.29, 0.717) is 4.88 Å². The Morgan fingerprint density at radius 3 is 2.75 bits per heavy atom. The highest BCUT2D eigenvalue weighted by molar-refractivity contribution is 7.13. The number of carbonyl (C=O) groups is 2. The van der Waals surface area contributed by atoms with Crippen LogP contribution in [0.5, 0.6) is 0 Å². The van der Waals surface area contributed by atoms with Gasteiger partial charge in [0.1, 0.15) is 4.88 Å². The normalized spacial score (nSPS) is 15.8.